The Labute approximate surface area is 109 Å². The van der Waals surface area contributed by atoms with Gasteiger partial charge in [0.05, 0.1) is 13.7 Å². The third-order valence-corrected chi connectivity index (χ3v) is 2.63. The third-order valence-electron chi connectivity index (χ3n) is 2.34. The van der Waals surface area contributed by atoms with Crippen molar-refractivity contribution >= 4 is 28.5 Å². The zero-order chi connectivity index (χ0) is 13.1. The molecular weight excluding hydrogens is 256 g/mol. The summed E-state index contributed by atoms with van der Waals surface area (Å²) in [6.07, 6.45) is 1.59. The summed E-state index contributed by atoms with van der Waals surface area (Å²) in [6.45, 7) is 1.97. The molecule has 0 bridgehead atoms. The van der Waals surface area contributed by atoms with Crippen molar-refractivity contribution in [2.24, 2.45) is 0 Å². The van der Waals surface area contributed by atoms with Gasteiger partial charge in [-0.3, -0.25) is 4.98 Å². The van der Waals surface area contributed by atoms with Gasteiger partial charge in [-0.25, -0.2) is 9.78 Å². The van der Waals surface area contributed by atoms with Gasteiger partial charge in [-0.1, -0.05) is 11.6 Å². The minimum Gasteiger partial charge on any atom is -0.492 e. The Hall–Kier alpha value is -1.88. The molecule has 0 amide bonds. The van der Waals surface area contributed by atoms with Crippen molar-refractivity contribution in [3.8, 4) is 5.75 Å². The first-order valence-corrected chi connectivity index (χ1v) is 5.72. The molecule has 6 heteroatoms. The molecule has 0 saturated heterocycles. The molecule has 94 valence electrons. The molecule has 2 rings (SSSR count). The first-order chi connectivity index (χ1) is 8.69. The predicted octanol–water partition coefficient (Wildman–Crippen LogP) is 2.47. The van der Waals surface area contributed by atoms with Crippen LogP contribution in [-0.2, 0) is 4.74 Å². The van der Waals surface area contributed by atoms with Crippen molar-refractivity contribution in [2.75, 3.05) is 13.7 Å². The molecule has 18 heavy (non-hydrogen) atoms. The third kappa shape index (κ3) is 2.09. The highest BCUT2D eigenvalue weighted by molar-refractivity contribution is 6.34. The lowest BCUT2D eigenvalue weighted by atomic mass is 10.2. The molecular formula is C12H11ClN2O3. The Kier molecular flexibility index (Phi) is 3.62. The molecule has 0 fully saturated rings. The smallest absolute Gasteiger partial charge is 0.360 e. The molecule has 0 aliphatic heterocycles. The van der Waals surface area contributed by atoms with Gasteiger partial charge >= 0.3 is 5.97 Å². The van der Waals surface area contributed by atoms with Gasteiger partial charge in [-0.2, -0.15) is 0 Å². The summed E-state index contributed by atoms with van der Waals surface area (Å²) in [6, 6.07) is 3.49. The number of methoxy groups -OCH3 is 1. The molecule has 0 aliphatic rings. The van der Waals surface area contributed by atoms with Crippen LogP contribution in [0.2, 0.25) is 5.15 Å². The van der Waals surface area contributed by atoms with Crippen molar-refractivity contribution in [1.29, 1.82) is 0 Å². The molecule has 0 atom stereocenters. The zero-order valence-corrected chi connectivity index (χ0v) is 10.7. The Morgan fingerprint density at radius 2 is 2.28 bits per heavy atom. The van der Waals surface area contributed by atoms with E-state index in [0.717, 1.165) is 0 Å². The minimum atomic E-state index is -0.580. The summed E-state index contributed by atoms with van der Waals surface area (Å²) in [5.74, 6) is -0.308. The van der Waals surface area contributed by atoms with Crippen LogP contribution < -0.4 is 4.74 Å². The van der Waals surface area contributed by atoms with Gasteiger partial charge in [0.2, 0.25) is 0 Å². The van der Waals surface area contributed by atoms with Gasteiger partial charge in [0, 0.05) is 11.6 Å². The topological polar surface area (TPSA) is 61.3 Å². The van der Waals surface area contributed by atoms with Gasteiger partial charge in [0.25, 0.3) is 0 Å². The number of nitrogens with zero attached hydrogens (tertiary/aromatic N) is 2. The average molecular weight is 267 g/mol. The van der Waals surface area contributed by atoms with Crippen molar-refractivity contribution < 1.29 is 14.3 Å². The zero-order valence-electron chi connectivity index (χ0n) is 9.94. The van der Waals surface area contributed by atoms with Crippen molar-refractivity contribution in [1.82, 2.24) is 9.97 Å². The highest BCUT2D eigenvalue weighted by atomic mass is 35.5. The van der Waals surface area contributed by atoms with Crippen LogP contribution in [0.15, 0.2) is 18.3 Å². The fourth-order valence-electron chi connectivity index (χ4n) is 1.61. The van der Waals surface area contributed by atoms with Crippen molar-refractivity contribution in [3.63, 3.8) is 0 Å². The maximum absolute atomic E-state index is 11.8. The van der Waals surface area contributed by atoms with Gasteiger partial charge in [-0.05, 0) is 19.1 Å². The number of carbonyl (C=O) groups excluding carboxylic acids is 1. The molecule has 2 aromatic heterocycles. The van der Waals surface area contributed by atoms with Gasteiger partial charge in [-0.15, -0.1) is 0 Å². The quantitative estimate of drug-likeness (QED) is 0.631. The SMILES string of the molecule is CCOC(=O)c1nc(Cl)c2cccnc2c1OC. The maximum atomic E-state index is 11.8. The van der Waals surface area contributed by atoms with E-state index >= 15 is 0 Å². The fraction of sp³-hybridized carbons (Fsp3) is 0.250. The number of hydrogen-bond acceptors (Lipinski definition) is 5. The number of fused-ring (bicyclic) bond motifs is 1. The predicted molar refractivity (Wildman–Crippen MR) is 67.1 cm³/mol. The highest BCUT2D eigenvalue weighted by Gasteiger charge is 2.21. The average Bonchev–Trinajstić information content (AvgIpc) is 2.39. The Morgan fingerprint density at radius 3 is 2.94 bits per heavy atom. The summed E-state index contributed by atoms with van der Waals surface area (Å²) in [7, 11) is 1.45. The lowest BCUT2D eigenvalue weighted by molar-refractivity contribution is 0.0516. The molecule has 0 aromatic carbocycles. The molecule has 2 aromatic rings. The highest BCUT2D eigenvalue weighted by Crippen LogP contribution is 2.31. The standard InChI is InChI=1S/C12H11ClN2O3/c1-3-18-12(16)9-10(17-2)8-7(11(13)15-9)5-4-6-14-8/h4-6H,3H2,1-2H3. The summed E-state index contributed by atoms with van der Waals surface area (Å²) in [4.78, 5) is 19.9. The van der Waals surface area contributed by atoms with Crippen LogP contribution in [0.5, 0.6) is 5.75 Å². The van der Waals surface area contributed by atoms with E-state index in [1.807, 2.05) is 0 Å². The van der Waals surface area contributed by atoms with Gasteiger partial charge in [0.1, 0.15) is 10.7 Å². The van der Waals surface area contributed by atoms with Gasteiger partial charge < -0.3 is 9.47 Å². The maximum Gasteiger partial charge on any atom is 0.360 e. The number of halogens is 1. The largest absolute Gasteiger partial charge is 0.492 e. The van der Waals surface area contributed by atoms with E-state index in [4.69, 9.17) is 21.1 Å². The summed E-state index contributed by atoms with van der Waals surface area (Å²) < 4.78 is 10.1. The summed E-state index contributed by atoms with van der Waals surface area (Å²) >= 11 is 6.02. The summed E-state index contributed by atoms with van der Waals surface area (Å²) in [5.41, 5.74) is 0.526. The Morgan fingerprint density at radius 1 is 1.50 bits per heavy atom. The number of esters is 1. The van der Waals surface area contributed by atoms with Crippen molar-refractivity contribution in [3.05, 3.63) is 29.2 Å². The van der Waals surface area contributed by atoms with E-state index in [2.05, 4.69) is 9.97 Å². The van der Waals surface area contributed by atoms with Crippen LogP contribution in [0.3, 0.4) is 0 Å². The summed E-state index contributed by atoms with van der Waals surface area (Å²) in [5, 5.41) is 0.825. The second-order valence-corrected chi connectivity index (χ2v) is 3.76. The van der Waals surface area contributed by atoms with E-state index in [1.165, 1.54) is 7.11 Å². The number of carbonyl (C=O) groups is 1. The van der Waals surface area contributed by atoms with Crippen LogP contribution in [0.1, 0.15) is 17.4 Å². The Bertz CT molecular complexity index is 601. The van der Waals surface area contributed by atoms with E-state index < -0.39 is 5.97 Å². The number of ether oxygens (including phenoxy) is 2. The van der Waals surface area contributed by atoms with Crippen LogP contribution >= 0.6 is 11.6 Å². The van der Waals surface area contributed by atoms with E-state index in [9.17, 15) is 4.79 Å². The van der Waals surface area contributed by atoms with Gasteiger partial charge in [0.15, 0.2) is 11.4 Å². The molecule has 0 unspecified atom stereocenters. The number of pyridine rings is 2. The van der Waals surface area contributed by atoms with Crippen LogP contribution in [-0.4, -0.2) is 29.7 Å². The minimum absolute atomic E-state index is 0.0375. The number of hydrogen-bond donors (Lipinski definition) is 0. The number of rotatable bonds is 3. The van der Waals surface area contributed by atoms with Crippen LogP contribution in [0.4, 0.5) is 0 Å². The normalized spacial score (nSPS) is 10.4. The van der Waals surface area contributed by atoms with Crippen LogP contribution in [0, 0.1) is 0 Å². The fourth-order valence-corrected chi connectivity index (χ4v) is 1.84. The van der Waals surface area contributed by atoms with Crippen molar-refractivity contribution in [2.45, 2.75) is 6.92 Å². The van der Waals surface area contributed by atoms with E-state index in [-0.39, 0.29) is 23.2 Å². The second kappa shape index (κ2) is 5.18. The Balaban J connectivity index is 2.71. The molecule has 0 radical (unpaired) electrons. The lowest BCUT2D eigenvalue weighted by Crippen LogP contribution is -2.10. The van der Waals surface area contributed by atoms with E-state index in [0.29, 0.717) is 10.9 Å². The van der Waals surface area contributed by atoms with E-state index in [1.54, 1.807) is 25.3 Å². The lowest BCUT2D eigenvalue weighted by Gasteiger charge is -2.10. The first kappa shape index (κ1) is 12.6. The number of aromatic nitrogens is 2. The monoisotopic (exact) mass is 266 g/mol. The molecule has 2 heterocycles. The molecule has 0 aliphatic carbocycles. The van der Waals surface area contributed by atoms with Crippen LogP contribution in [0.25, 0.3) is 10.9 Å². The molecule has 0 spiro atoms. The second-order valence-electron chi connectivity index (χ2n) is 3.40. The molecule has 0 N–H and O–H groups in total. The first-order valence-electron chi connectivity index (χ1n) is 5.34. The molecule has 5 nitrogen and oxygen atoms in total. The molecule has 0 saturated carbocycles.